The molecule has 0 unspecified atom stereocenters. The van der Waals surface area contributed by atoms with E-state index in [1.54, 1.807) is 0 Å². The Bertz CT molecular complexity index is 711. The van der Waals surface area contributed by atoms with Crippen LogP contribution in [-0.4, -0.2) is 38.7 Å². The lowest BCUT2D eigenvalue weighted by molar-refractivity contribution is -0.121. The van der Waals surface area contributed by atoms with Gasteiger partial charge < -0.3 is 14.8 Å². The highest BCUT2D eigenvalue weighted by Gasteiger charge is 2.28. The van der Waals surface area contributed by atoms with Gasteiger partial charge in [0.1, 0.15) is 13.2 Å². The number of alkyl carbamates (subject to hydrolysis) is 1. The predicted octanol–water partition coefficient (Wildman–Crippen LogP) is 2.74. The van der Waals surface area contributed by atoms with E-state index in [0.717, 1.165) is 11.1 Å². The maximum absolute atomic E-state index is 11.8. The summed E-state index contributed by atoms with van der Waals surface area (Å²) < 4.78 is 10.0. The summed E-state index contributed by atoms with van der Waals surface area (Å²) in [7, 11) is 1.44. The molecule has 0 spiro atoms. The van der Waals surface area contributed by atoms with E-state index in [0.29, 0.717) is 0 Å². The standard InChI is InChI=1S/C19H19NO4/c1-23-11-13(21)10-20-19(22)24-12-18-16-8-4-2-6-14(16)15-7-3-5-9-17(15)18/h2-9,18H,10-12H2,1H3,(H,20,22). The maximum atomic E-state index is 11.8. The third-order valence-electron chi connectivity index (χ3n) is 4.08. The summed E-state index contributed by atoms with van der Waals surface area (Å²) in [6.45, 7) is 0.118. The van der Waals surface area contributed by atoms with Gasteiger partial charge in [-0.3, -0.25) is 4.79 Å². The number of nitrogens with one attached hydrogen (secondary N) is 1. The molecule has 0 heterocycles. The highest BCUT2D eigenvalue weighted by Crippen LogP contribution is 2.44. The minimum atomic E-state index is -0.596. The van der Waals surface area contributed by atoms with Crippen LogP contribution in [-0.2, 0) is 14.3 Å². The van der Waals surface area contributed by atoms with E-state index >= 15 is 0 Å². The van der Waals surface area contributed by atoms with Crippen molar-refractivity contribution in [1.29, 1.82) is 0 Å². The Kier molecular flexibility index (Phi) is 4.91. The lowest BCUT2D eigenvalue weighted by Crippen LogP contribution is -2.32. The van der Waals surface area contributed by atoms with E-state index in [2.05, 4.69) is 29.6 Å². The summed E-state index contributed by atoms with van der Waals surface area (Å²) in [5, 5.41) is 2.45. The van der Waals surface area contributed by atoms with Crippen molar-refractivity contribution >= 4 is 11.9 Å². The minimum Gasteiger partial charge on any atom is -0.449 e. The van der Waals surface area contributed by atoms with Crippen molar-refractivity contribution in [3.63, 3.8) is 0 Å². The molecule has 5 nitrogen and oxygen atoms in total. The number of fused-ring (bicyclic) bond motifs is 3. The average molecular weight is 325 g/mol. The molecule has 2 aromatic carbocycles. The first-order chi connectivity index (χ1) is 11.7. The molecule has 2 aromatic rings. The Labute approximate surface area is 140 Å². The second-order valence-electron chi connectivity index (χ2n) is 5.65. The van der Waals surface area contributed by atoms with Crippen LogP contribution in [0.15, 0.2) is 48.5 Å². The molecule has 1 aliphatic rings. The number of hydrogen-bond acceptors (Lipinski definition) is 4. The van der Waals surface area contributed by atoms with E-state index in [1.165, 1.54) is 18.2 Å². The van der Waals surface area contributed by atoms with Crippen molar-refractivity contribution in [2.24, 2.45) is 0 Å². The first-order valence-electron chi connectivity index (χ1n) is 7.80. The van der Waals surface area contributed by atoms with Crippen LogP contribution in [0.4, 0.5) is 4.79 Å². The van der Waals surface area contributed by atoms with Gasteiger partial charge in [0.05, 0.1) is 6.54 Å². The number of hydrogen-bond donors (Lipinski definition) is 1. The Morgan fingerprint density at radius 3 is 2.17 bits per heavy atom. The van der Waals surface area contributed by atoms with E-state index in [9.17, 15) is 9.59 Å². The fraction of sp³-hybridized carbons (Fsp3) is 0.263. The molecule has 0 fully saturated rings. The molecular weight excluding hydrogens is 306 g/mol. The number of ketones is 1. The molecular formula is C19H19NO4. The predicted molar refractivity (Wildman–Crippen MR) is 90.0 cm³/mol. The quantitative estimate of drug-likeness (QED) is 0.887. The van der Waals surface area contributed by atoms with Crippen molar-refractivity contribution in [3.8, 4) is 11.1 Å². The van der Waals surface area contributed by atoms with Gasteiger partial charge in [-0.05, 0) is 22.3 Å². The van der Waals surface area contributed by atoms with Crippen molar-refractivity contribution in [2.45, 2.75) is 5.92 Å². The third-order valence-corrected chi connectivity index (χ3v) is 4.08. The maximum Gasteiger partial charge on any atom is 0.407 e. The molecule has 24 heavy (non-hydrogen) atoms. The van der Waals surface area contributed by atoms with Crippen LogP contribution in [0, 0.1) is 0 Å². The molecule has 0 atom stereocenters. The lowest BCUT2D eigenvalue weighted by Gasteiger charge is -2.14. The number of benzene rings is 2. The number of carbonyl (C=O) groups excluding carboxylic acids is 2. The number of methoxy groups -OCH3 is 1. The fourth-order valence-electron chi connectivity index (χ4n) is 3.03. The van der Waals surface area contributed by atoms with Crippen LogP contribution in [0.3, 0.4) is 0 Å². The largest absolute Gasteiger partial charge is 0.449 e. The van der Waals surface area contributed by atoms with Crippen LogP contribution in [0.2, 0.25) is 0 Å². The molecule has 0 saturated heterocycles. The number of rotatable bonds is 6. The summed E-state index contributed by atoms with van der Waals surface area (Å²) in [5.74, 6) is -0.191. The summed E-state index contributed by atoms with van der Waals surface area (Å²) in [6.07, 6.45) is -0.596. The van der Waals surface area contributed by atoms with Crippen LogP contribution >= 0.6 is 0 Å². The lowest BCUT2D eigenvalue weighted by atomic mass is 9.98. The van der Waals surface area contributed by atoms with Gasteiger partial charge >= 0.3 is 6.09 Å². The van der Waals surface area contributed by atoms with Crippen molar-refractivity contribution in [2.75, 3.05) is 26.9 Å². The first-order valence-corrected chi connectivity index (χ1v) is 7.80. The average Bonchev–Trinajstić information content (AvgIpc) is 2.92. The molecule has 1 aliphatic carbocycles. The van der Waals surface area contributed by atoms with Gasteiger partial charge in [0.15, 0.2) is 5.78 Å². The molecule has 0 aliphatic heterocycles. The highest BCUT2D eigenvalue weighted by atomic mass is 16.5. The smallest absolute Gasteiger partial charge is 0.407 e. The molecule has 0 aromatic heterocycles. The highest BCUT2D eigenvalue weighted by molar-refractivity contribution is 5.85. The molecule has 0 bridgehead atoms. The number of Topliss-reactive ketones (excluding diaryl/α,β-unsaturated/α-hetero) is 1. The van der Waals surface area contributed by atoms with E-state index in [1.807, 2.05) is 24.3 Å². The van der Waals surface area contributed by atoms with Gasteiger partial charge in [-0.15, -0.1) is 0 Å². The second-order valence-corrected chi connectivity index (χ2v) is 5.65. The van der Waals surface area contributed by atoms with Gasteiger partial charge in [-0.25, -0.2) is 4.79 Å². The Morgan fingerprint density at radius 1 is 1.00 bits per heavy atom. The molecule has 0 radical (unpaired) electrons. The molecule has 1 N–H and O–H groups in total. The SMILES string of the molecule is COCC(=O)CNC(=O)OCC1c2ccccc2-c2ccccc21. The minimum absolute atomic E-state index is 0.0119. The second kappa shape index (κ2) is 7.27. The molecule has 124 valence electrons. The fourth-order valence-corrected chi connectivity index (χ4v) is 3.03. The van der Waals surface area contributed by atoms with E-state index in [4.69, 9.17) is 9.47 Å². The van der Waals surface area contributed by atoms with Gasteiger partial charge in [-0.2, -0.15) is 0 Å². The van der Waals surface area contributed by atoms with Gasteiger partial charge in [0.25, 0.3) is 0 Å². The molecule has 1 amide bonds. The Hall–Kier alpha value is -2.66. The summed E-state index contributed by atoms with van der Waals surface area (Å²) in [5.41, 5.74) is 4.67. The van der Waals surface area contributed by atoms with Crippen LogP contribution in [0.5, 0.6) is 0 Å². The summed E-state index contributed by atoms with van der Waals surface area (Å²) >= 11 is 0. The normalized spacial score (nSPS) is 12.4. The zero-order valence-corrected chi connectivity index (χ0v) is 13.5. The Balaban J connectivity index is 1.65. The van der Waals surface area contributed by atoms with Gasteiger partial charge in [0.2, 0.25) is 0 Å². The van der Waals surface area contributed by atoms with Crippen molar-refractivity contribution < 1.29 is 19.1 Å². The molecule has 3 rings (SSSR count). The molecule has 0 saturated carbocycles. The molecule has 5 heteroatoms. The number of amides is 1. The van der Waals surface area contributed by atoms with E-state index < -0.39 is 6.09 Å². The summed E-state index contributed by atoms with van der Waals surface area (Å²) in [4.78, 5) is 23.1. The van der Waals surface area contributed by atoms with Crippen LogP contribution in [0.1, 0.15) is 17.0 Å². The topological polar surface area (TPSA) is 64.6 Å². The number of carbonyl (C=O) groups is 2. The monoisotopic (exact) mass is 325 g/mol. The van der Waals surface area contributed by atoms with Crippen molar-refractivity contribution in [3.05, 3.63) is 59.7 Å². The summed E-state index contributed by atoms with van der Waals surface area (Å²) in [6, 6.07) is 16.3. The zero-order chi connectivity index (χ0) is 16.9. The van der Waals surface area contributed by atoms with E-state index in [-0.39, 0.29) is 31.5 Å². The van der Waals surface area contributed by atoms with Crippen molar-refractivity contribution in [1.82, 2.24) is 5.32 Å². The third kappa shape index (κ3) is 3.31. The zero-order valence-electron chi connectivity index (χ0n) is 13.5. The van der Waals surface area contributed by atoms with Crippen LogP contribution in [0.25, 0.3) is 11.1 Å². The number of ether oxygens (including phenoxy) is 2. The first kappa shape index (κ1) is 16.2. The Morgan fingerprint density at radius 2 is 1.58 bits per heavy atom. The van der Waals surface area contributed by atoms with Crippen LogP contribution < -0.4 is 5.32 Å². The van der Waals surface area contributed by atoms with Gasteiger partial charge in [0, 0.05) is 13.0 Å². The van der Waals surface area contributed by atoms with Gasteiger partial charge in [-0.1, -0.05) is 48.5 Å².